The van der Waals surface area contributed by atoms with Gasteiger partial charge in [-0.3, -0.25) is 14.5 Å². The first kappa shape index (κ1) is 20.1. The molecular weight excluding hydrogens is 360 g/mol. The average molecular weight is 388 g/mol. The molecule has 2 N–H and O–H groups in total. The molecule has 8 nitrogen and oxygen atoms in total. The lowest BCUT2D eigenvalue weighted by atomic mass is 9.82. The van der Waals surface area contributed by atoms with Crippen LogP contribution in [0.4, 0.5) is 4.79 Å². The number of pyridine rings is 1. The summed E-state index contributed by atoms with van der Waals surface area (Å²) in [6, 6.07) is 3.25. The zero-order valence-electron chi connectivity index (χ0n) is 16.3. The van der Waals surface area contributed by atoms with E-state index in [1.54, 1.807) is 12.3 Å². The molecule has 1 aromatic rings. The van der Waals surface area contributed by atoms with Crippen LogP contribution in [-0.4, -0.2) is 46.4 Å². The van der Waals surface area contributed by atoms with Gasteiger partial charge < -0.3 is 15.4 Å². The maximum Gasteiger partial charge on any atom is 0.325 e. The highest BCUT2D eigenvalue weighted by atomic mass is 16.5. The van der Waals surface area contributed by atoms with E-state index in [2.05, 4.69) is 15.6 Å². The SMILES string of the molecule is CCCOc1ncccc1CNC(=O)CCN1C(=O)NC2(CCCCC2)C1=O. The van der Waals surface area contributed by atoms with Gasteiger partial charge in [0.15, 0.2) is 0 Å². The minimum atomic E-state index is -0.743. The number of nitrogens with one attached hydrogen (secondary N) is 2. The summed E-state index contributed by atoms with van der Waals surface area (Å²) in [6.45, 7) is 2.95. The first-order valence-electron chi connectivity index (χ1n) is 10.0. The Morgan fingerprint density at radius 1 is 1.32 bits per heavy atom. The van der Waals surface area contributed by atoms with Gasteiger partial charge in [0.2, 0.25) is 11.8 Å². The zero-order chi connectivity index (χ0) is 20.0. The molecule has 1 aromatic heterocycles. The van der Waals surface area contributed by atoms with Gasteiger partial charge >= 0.3 is 6.03 Å². The molecule has 28 heavy (non-hydrogen) atoms. The monoisotopic (exact) mass is 388 g/mol. The molecule has 0 aromatic carbocycles. The number of carbonyl (C=O) groups excluding carboxylic acids is 3. The molecule has 0 unspecified atom stereocenters. The van der Waals surface area contributed by atoms with Crippen molar-refractivity contribution in [2.24, 2.45) is 0 Å². The number of aromatic nitrogens is 1. The Balaban J connectivity index is 1.50. The van der Waals surface area contributed by atoms with Crippen LogP contribution in [0.5, 0.6) is 5.88 Å². The molecule has 1 saturated heterocycles. The van der Waals surface area contributed by atoms with Gasteiger partial charge in [-0.1, -0.05) is 32.3 Å². The number of ether oxygens (including phenoxy) is 1. The van der Waals surface area contributed by atoms with Crippen molar-refractivity contribution in [1.82, 2.24) is 20.5 Å². The van der Waals surface area contributed by atoms with E-state index in [9.17, 15) is 14.4 Å². The summed E-state index contributed by atoms with van der Waals surface area (Å²) in [6.07, 6.45) is 6.92. The van der Waals surface area contributed by atoms with Crippen molar-refractivity contribution in [2.75, 3.05) is 13.2 Å². The second-order valence-corrected chi connectivity index (χ2v) is 7.37. The Bertz CT molecular complexity index is 731. The van der Waals surface area contributed by atoms with E-state index < -0.39 is 5.54 Å². The number of rotatable bonds is 8. The average Bonchev–Trinajstić information content (AvgIpc) is 2.93. The van der Waals surface area contributed by atoms with Crippen LogP contribution in [0.3, 0.4) is 0 Å². The molecule has 1 spiro atoms. The summed E-state index contributed by atoms with van der Waals surface area (Å²) in [5.74, 6) is 0.0981. The van der Waals surface area contributed by atoms with Gasteiger partial charge in [0, 0.05) is 31.3 Å². The highest BCUT2D eigenvalue weighted by Gasteiger charge is 2.50. The number of imide groups is 1. The van der Waals surface area contributed by atoms with Crippen LogP contribution >= 0.6 is 0 Å². The molecule has 1 aliphatic heterocycles. The van der Waals surface area contributed by atoms with Gasteiger partial charge in [0.25, 0.3) is 5.91 Å². The Hall–Kier alpha value is -2.64. The second kappa shape index (κ2) is 9.03. The molecule has 4 amide bonds. The fourth-order valence-corrected chi connectivity index (χ4v) is 3.76. The fourth-order valence-electron chi connectivity index (χ4n) is 3.76. The van der Waals surface area contributed by atoms with E-state index in [4.69, 9.17) is 4.74 Å². The smallest absolute Gasteiger partial charge is 0.325 e. The molecule has 0 atom stereocenters. The molecule has 2 fully saturated rings. The molecule has 3 rings (SSSR count). The van der Waals surface area contributed by atoms with Crippen LogP contribution < -0.4 is 15.4 Å². The number of amides is 4. The third-order valence-corrected chi connectivity index (χ3v) is 5.28. The van der Waals surface area contributed by atoms with Crippen molar-refractivity contribution in [3.05, 3.63) is 23.9 Å². The van der Waals surface area contributed by atoms with Crippen LogP contribution in [0.15, 0.2) is 18.3 Å². The van der Waals surface area contributed by atoms with Crippen molar-refractivity contribution >= 4 is 17.8 Å². The van der Waals surface area contributed by atoms with Crippen LogP contribution in [0.25, 0.3) is 0 Å². The maximum atomic E-state index is 12.7. The van der Waals surface area contributed by atoms with Crippen molar-refractivity contribution in [3.8, 4) is 5.88 Å². The predicted octanol–water partition coefficient (Wildman–Crippen LogP) is 2.13. The first-order chi connectivity index (χ1) is 13.6. The lowest BCUT2D eigenvalue weighted by Crippen LogP contribution is -2.48. The minimum absolute atomic E-state index is 0.0701. The summed E-state index contributed by atoms with van der Waals surface area (Å²) < 4.78 is 5.58. The van der Waals surface area contributed by atoms with Crippen LogP contribution in [0, 0.1) is 0 Å². The summed E-state index contributed by atoms with van der Waals surface area (Å²) >= 11 is 0. The van der Waals surface area contributed by atoms with Crippen molar-refractivity contribution in [2.45, 2.75) is 64.0 Å². The highest BCUT2D eigenvalue weighted by molar-refractivity contribution is 6.07. The predicted molar refractivity (Wildman–Crippen MR) is 103 cm³/mol. The van der Waals surface area contributed by atoms with Crippen LogP contribution in [0.1, 0.15) is 57.4 Å². The first-order valence-corrected chi connectivity index (χ1v) is 10.0. The van der Waals surface area contributed by atoms with E-state index >= 15 is 0 Å². The largest absolute Gasteiger partial charge is 0.477 e. The summed E-state index contributed by atoms with van der Waals surface area (Å²) in [7, 11) is 0. The Labute approximate surface area is 165 Å². The van der Waals surface area contributed by atoms with Crippen molar-refractivity contribution in [1.29, 1.82) is 0 Å². The van der Waals surface area contributed by atoms with Gasteiger partial charge in [-0.2, -0.15) is 0 Å². The Morgan fingerprint density at radius 2 is 2.11 bits per heavy atom. The number of urea groups is 1. The second-order valence-electron chi connectivity index (χ2n) is 7.37. The van der Waals surface area contributed by atoms with E-state index in [1.165, 1.54) is 4.90 Å². The van der Waals surface area contributed by atoms with E-state index in [0.717, 1.165) is 31.2 Å². The van der Waals surface area contributed by atoms with E-state index in [0.29, 0.717) is 25.3 Å². The van der Waals surface area contributed by atoms with E-state index in [-0.39, 0.29) is 37.4 Å². The molecule has 2 heterocycles. The van der Waals surface area contributed by atoms with Crippen molar-refractivity contribution in [3.63, 3.8) is 0 Å². The number of hydrogen-bond donors (Lipinski definition) is 2. The number of nitrogens with zero attached hydrogens (tertiary/aromatic N) is 2. The van der Waals surface area contributed by atoms with Gasteiger partial charge in [0.05, 0.1) is 6.61 Å². The minimum Gasteiger partial charge on any atom is -0.477 e. The number of hydrogen-bond acceptors (Lipinski definition) is 5. The molecule has 1 saturated carbocycles. The summed E-state index contributed by atoms with van der Waals surface area (Å²) in [5, 5.41) is 5.67. The Kier molecular flexibility index (Phi) is 6.49. The zero-order valence-corrected chi connectivity index (χ0v) is 16.3. The highest BCUT2D eigenvalue weighted by Crippen LogP contribution is 2.33. The molecule has 0 radical (unpaired) electrons. The lowest BCUT2D eigenvalue weighted by molar-refractivity contribution is -0.132. The molecular formula is C20H28N4O4. The van der Waals surface area contributed by atoms with E-state index in [1.807, 2.05) is 13.0 Å². The van der Waals surface area contributed by atoms with Gasteiger partial charge in [-0.05, 0) is 25.3 Å². The normalized spacial score (nSPS) is 18.2. The molecule has 8 heteroatoms. The van der Waals surface area contributed by atoms with Gasteiger partial charge in [-0.15, -0.1) is 0 Å². The fraction of sp³-hybridized carbons (Fsp3) is 0.600. The summed E-state index contributed by atoms with van der Waals surface area (Å²) in [4.78, 5) is 42.6. The molecule has 152 valence electrons. The third kappa shape index (κ3) is 4.43. The lowest BCUT2D eigenvalue weighted by Gasteiger charge is -2.30. The van der Waals surface area contributed by atoms with Crippen molar-refractivity contribution < 1.29 is 19.1 Å². The topological polar surface area (TPSA) is 101 Å². The number of carbonyl (C=O) groups is 3. The molecule has 0 bridgehead atoms. The Morgan fingerprint density at radius 3 is 2.86 bits per heavy atom. The van der Waals surface area contributed by atoms with Gasteiger partial charge in [-0.25, -0.2) is 9.78 Å². The third-order valence-electron chi connectivity index (χ3n) is 5.28. The molecule has 2 aliphatic rings. The quantitative estimate of drug-likeness (QED) is 0.665. The maximum absolute atomic E-state index is 12.7. The molecule has 1 aliphatic carbocycles. The summed E-state index contributed by atoms with van der Waals surface area (Å²) in [5.41, 5.74) is 0.0491. The van der Waals surface area contributed by atoms with Crippen LogP contribution in [-0.2, 0) is 16.1 Å². The standard InChI is InChI=1S/C20H28N4O4/c1-2-13-28-17-15(7-6-11-21-17)14-22-16(25)8-12-24-18(26)20(23-19(24)27)9-4-3-5-10-20/h6-7,11H,2-5,8-10,12-14H2,1H3,(H,22,25)(H,23,27). The van der Waals surface area contributed by atoms with Gasteiger partial charge in [0.1, 0.15) is 5.54 Å². The van der Waals surface area contributed by atoms with Crippen LogP contribution in [0.2, 0.25) is 0 Å².